The summed E-state index contributed by atoms with van der Waals surface area (Å²) in [4.78, 5) is 35.2. The summed E-state index contributed by atoms with van der Waals surface area (Å²) in [6.07, 6.45) is 4.10. The van der Waals surface area contributed by atoms with Crippen molar-refractivity contribution in [3.63, 3.8) is 0 Å². The van der Waals surface area contributed by atoms with Gasteiger partial charge in [0, 0.05) is 53.5 Å². The van der Waals surface area contributed by atoms with Crippen LogP contribution in [-0.4, -0.2) is 75.7 Å². The first-order valence-corrected chi connectivity index (χ1v) is 13.0. The first-order chi connectivity index (χ1) is 16.2. The molecule has 6 nitrogen and oxygen atoms in total. The highest BCUT2D eigenvalue weighted by Gasteiger charge is 2.41. The number of thioether (sulfide) groups is 1. The fourth-order valence-corrected chi connectivity index (χ4v) is 6.52. The monoisotopic (exact) mass is 534 g/mol. The highest BCUT2D eigenvalue weighted by molar-refractivity contribution is 8.00. The lowest BCUT2D eigenvalue weighted by molar-refractivity contribution is -0.134. The minimum absolute atomic E-state index is 0. The number of hydrogen-bond donors (Lipinski definition) is 0. The maximum absolute atomic E-state index is 13.1. The van der Waals surface area contributed by atoms with Crippen molar-refractivity contribution < 1.29 is 9.59 Å². The first kappa shape index (κ1) is 26.0. The van der Waals surface area contributed by atoms with Crippen LogP contribution >= 0.6 is 35.8 Å². The molecule has 3 aliphatic heterocycles. The second kappa shape index (κ2) is 10.1. The van der Waals surface area contributed by atoms with Crippen LogP contribution in [0.3, 0.4) is 0 Å². The van der Waals surface area contributed by atoms with Gasteiger partial charge in [0.05, 0.1) is 13.3 Å². The molecule has 0 atom stereocenters. The van der Waals surface area contributed by atoms with Crippen molar-refractivity contribution in [2.45, 2.75) is 48.8 Å². The van der Waals surface area contributed by atoms with Gasteiger partial charge in [0.25, 0.3) is 5.91 Å². The Morgan fingerprint density at radius 3 is 2.49 bits per heavy atom. The summed E-state index contributed by atoms with van der Waals surface area (Å²) in [5, 5.41) is 3.01. The zero-order valence-electron chi connectivity index (χ0n) is 20.4. The topological polar surface area (TPSA) is 47.1 Å². The molecule has 2 fully saturated rings. The van der Waals surface area contributed by atoms with Gasteiger partial charge in [0.2, 0.25) is 5.91 Å². The van der Waals surface area contributed by atoms with Crippen molar-refractivity contribution in [2.75, 3.05) is 33.5 Å². The average molecular weight is 536 g/mol. The molecule has 0 aromatic heterocycles. The normalized spacial score (nSPS) is 18.7. The minimum atomic E-state index is -0.220. The number of hydrogen-bond acceptors (Lipinski definition) is 5. The molecule has 5 rings (SSSR count). The number of fused-ring (bicyclic) bond motifs is 2. The smallest absolute Gasteiger partial charge is 0.273 e. The summed E-state index contributed by atoms with van der Waals surface area (Å²) in [5.74, 6) is 0.325. The molecule has 0 N–H and O–H groups in total. The van der Waals surface area contributed by atoms with E-state index in [2.05, 4.69) is 36.9 Å². The van der Waals surface area contributed by atoms with Gasteiger partial charge >= 0.3 is 0 Å². The predicted octanol–water partition coefficient (Wildman–Crippen LogP) is 5.01. The molecular weight excluding hydrogens is 503 g/mol. The van der Waals surface area contributed by atoms with Crippen LogP contribution in [0.2, 0.25) is 5.02 Å². The molecule has 0 aliphatic carbocycles. The average Bonchev–Trinajstić information content (AvgIpc) is 3.30. The second-order valence-electron chi connectivity index (χ2n) is 10.2. The Labute approximate surface area is 222 Å². The molecule has 2 saturated heterocycles. The number of nitrogens with zero attached hydrogens (tertiary/aromatic N) is 4. The van der Waals surface area contributed by atoms with Crippen molar-refractivity contribution in [1.29, 1.82) is 0 Å². The predicted molar refractivity (Wildman–Crippen MR) is 145 cm³/mol. The zero-order chi connectivity index (χ0) is 24.0. The third-order valence-corrected chi connectivity index (χ3v) is 8.30. The fourth-order valence-electron chi connectivity index (χ4n) is 5.18. The number of halogens is 2. The van der Waals surface area contributed by atoms with Crippen molar-refractivity contribution in [3.8, 4) is 0 Å². The van der Waals surface area contributed by atoms with Crippen LogP contribution in [0.15, 0.2) is 53.2 Å². The Morgan fingerprint density at radius 2 is 1.77 bits per heavy atom. The molecule has 0 radical (unpaired) electrons. The maximum atomic E-state index is 13.1. The number of piperidine rings is 1. The maximum Gasteiger partial charge on any atom is 0.273 e. The summed E-state index contributed by atoms with van der Waals surface area (Å²) in [5.41, 5.74) is 0.802. The molecule has 2 amide bonds. The van der Waals surface area contributed by atoms with Gasteiger partial charge in [-0.15, -0.1) is 24.2 Å². The molecule has 0 unspecified atom stereocenters. The number of carbonyl (C=O) groups excluding carboxylic acids is 2. The number of benzene rings is 2. The van der Waals surface area contributed by atoms with Crippen molar-refractivity contribution in [1.82, 2.24) is 19.6 Å². The largest absolute Gasteiger partial charge is 0.361 e. The molecule has 188 valence electrons. The van der Waals surface area contributed by atoms with Crippen molar-refractivity contribution >= 4 is 58.4 Å². The SMILES string of the molecule is CN1C=C2C(=O)N(C3CCN(C(=O)CC(C)(C)Sc4ccc5cc(Cl)ccc5c4)CC3)CN2C1.Cl. The Morgan fingerprint density at radius 1 is 1.09 bits per heavy atom. The van der Waals surface area contributed by atoms with E-state index in [4.69, 9.17) is 11.6 Å². The lowest BCUT2D eigenvalue weighted by Crippen LogP contribution is -2.48. The molecule has 35 heavy (non-hydrogen) atoms. The molecule has 2 aromatic rings. The summed E-state index contributed by atoms with van der Waals surface area (Å²) in [6, 6.07) is 12.5. The zero-order valence-corrected chi connectivity index (χ0v) is 22.8. The van der Waals surface area contributed by atoms with Crippen LogP contribution in [0.25, 0.3) is 10.8 Å². The van der Waals surface area contributed by atoms with E-state index in [9.17, 15) is 9.59 Å². The Bertz CT molecular complexity index is 1160. The molecule has 0 saturated carbocycles. The van der Waals surface area contributed by atoms with Gasteiger partial charge in [-0.1, -0.05) is 23.7 Å². The molecule has 2 aromatic carbocycles. The molecule has 9 heteroatoms. The molecule has 0 bridgehead atoms. The van der Waals surface area contributed by atoms with Crippen LogP contribution in [-0.2, 0) is 9.59 Å². The highest BCUT2D eigenvalue weighted by Crippen LogP contribution is 2.37. The van der Waals surface area contributed by atoms with E-state index in [0.29, 0.717) is 26.2 Å². The summed E-state index contributed by atoms with van der Waals surface area (Å²) >= 11 is 7.84. The second-order valence-corrected chi connectivity index (χ2v) is 12.4. The van der Waals surface area contributed by atoms with Gasteiger partial charge < -0.3 is 19.6 Å². The molecular formula is C26H32Cl2N4O2S. The van der Waals surface area contributed by atoms with Gasteiger partial charge in [-0.3, -0.25) is 9.59 Å². The fraction of sp³-hybridized carbons (Fsp3) is 0.462. The molecule has 3 heterocycles. The van der Waals surface area contributed by atoms with E-state index >= 15 is 0 Å². The lowest BCUT2D eigenvalue weighted by Gasteiger charge is -2.37. The standard InChI is InChI=1S/C26H31ClN4O2S.ClH/c1-26(2,34-22-7-5-18-12-20(27)6-4-19(18)13-22)14-24(32)29-10-8-21(9-11-29)31-17-30-16-28(3)15-23(30)25(31)33;/h4-7,12-13,15,21H,8-11,14,16-17H2,1-3H3;1H. The molecule has 0 spiro atoms. The minimum Gasteiger partial charge on any atom is -0.361 e. The van der Waals surface area contributed by atoms with E-state index in [1.54, 1.807) is 11.8 Å². The Hall–Kier alpha value is -2.09. The van der Waals surface area contributed by atoms with Gasteiger partial charge in [0.1, 0.15) is 5.70 Å². The Balaban J connectivity index is 0.00000289. The van der Waals surface area contributed by atoms with E-state index in [-0.39, 0.29) is 35.0 Å². The van der Waals surface area contributed by atoms with Crippen molar-refractivity contribution in [2.24, 2.45) is 0 Å². The summed E-state index contributed by atoms with van der Waals surface area (Å²) in [7, 11) is 1.99. The lowest BCUT2D eigenvalue weighted by atomic mass is 10.0. The Kier molecular flexibility index (Phi) is 7.51. The third kappa shape index (κ3) is 5.52. The van der Waals surface area contributed by atoms with Crippen LogP contribution in [0.1, 0.15) is 33.1 Å². The first-order valence-electron chi connectivity index (χ1n) is 11.8. The van der Waals surface area contributed by atoms with E-state index in [1.165, 1.54) is 0 Å². The van der Waals surface area contributed by atoms with Gasteiger partial charge in [-0.2, -0.15) is 0 Å². The van der Waals surface area contributed by atoms with Gasteiger partial charge in [-0.25, -0.2) is 0 Å². The van der Waals surface area contributed by atoms with E-state index in [1.807, 2.05) is 46.1 Å². The van der Waals surface area contributed by atoms with Crippen LogP contribution in [0.4, 0.5) is 0 Å². The third-order valence-electron chi connectivity index (χ3n) is 6.88. The number of amides is 2. The van der Waals surface area contributed by atoms with Gasteiger partial charge in [0.15, 0.2) is 0 Å². The summed E-state index contributed by atoms with van der Waals surface area (Å²) in [6.45, 7) is 7.12. The van der Waals surface area contributed by atoms with E-state index < -0.39 is 0 Å². The van der Waals surface area contributed by atoms with Gasteiger partial charge in [-0.05, 0) is 61.7 Å². The number of likely N-dealkylation sites (tertiary alicyclic amines) is 1. The highest BCUT2D eigenvalue weighted by atomic mass is 35.5. The number of rotatable bonds is 5. The quantitative estimate of drug-likeness (QED) is 0.504. The van der Waals surface area contributed by atoms with Crippen LogP contribution in [0, 0.1) is 0 Å². The van der Waals surface area contributed by atoms with Crippen LogP contribution < -0.4 is 0 Å². The molecule has 3 aliphatic rings. The van der Waals surface area contributed by atoms with Crippen molar-refractivity contribution in [3.05, 3.63) is 53.3 Å². The van der Waals surface area contributed by atoms with E-state index in [0.717, 1.165) is 45.9 Å². The van der Waals surface area contributed by atoms with Crippen LogP contribution in [0.5, 0.6) is 0 Å². The summed E-state index contributed by atoms with van der Waals surface area (Å²) < 4.78 is -0.220. The number of carbonyl (C=O) groups is 2.